The monoisotopic (exact) mass is 443 g/mol. The number of anilines is 2. The highest BCUT2D eigenvalue weighted by Gasteiger charge is 2.26. The van der Waals surface area contributed by atoms with Crippen LogP contribution in [0.15, 0.2) is 48.5 Å². The highest BCUT2D eigenvalue weighted by molar-refractivity contribution is 6.35. The van der Waals surface area contributed by atoms with Crippen LogP contribution in [-0.2, 0) is 4.79 Å². The summed E-state index contributed by atoms with van der Waals surface area (Å²) in [6.07, 6.45) is 1.81. The molecule has 0 fully saturated rings. The largest absolute Gasteiger partial charge is 0.399 e. The van der Waals surface area contributed by atoms with Crippen molar-refractivity contribution in [3.05, 3.63) is 71.0 Å². The summed E-state index contributed by atoms with van der Waals surface area (Å²) in [5.74, 6) is -0.347. The van der Waals surface area contributed by atoms with Crippen LogP contribution in [0.4, 0.5) is 11.4 Å². The van der Waals surface area contributed by atoms with E-state index in [4.69, 9.17) is 5.73 Å². The van der Waals surface area contributed by atoms with Crippen molar-refractivity contribution in [2.45, 2.75) is 26.8 Å². The van der Waals surface area contributed by atoms with Crippen LogP contribution >= 0.6 is 0 Å². The molecule has 1 aromatic heterocycles. The Morgan fingerprint density at radius 3 is 2.67 bits per heavy atom. The number of aromatic nitrogens is 1. The first-order chi connectivity index (χ1) is 15.8. The van der Waals surface area contributed by atoms with E-state index in [1.165, 1.54) is 0 Å². The lowest BCUT2D eigenvalue weighted by Gasteiger charge is -2.11. The molecule has 6 N–H and O–H groups in total. The SMILES string of the molecule is Cc1[nH]c(/C=C2\C(=O)Nc3ccccc32)c(-c2cccc(N)c2)c1C(=O)NCCNC(C)C. The van der Waals surface area contributed by atoms with Gasteiger partial charge in [0.05, 0.1) is 11.1 Å². The van der Waals surface area contributed by atoms with Crippen molar-refractivity contribution in [2.75, 3.05) is 24.1 Å². The Kier molecular flexibility index (Phi) is 6.33. The van der Waals surface area contributed by atoms with Gasteiger partial charge in [0, 0.05) is 53.0 Å². The van der Waals surface area contributed by atoms with Gasteiger partial charge in [-0.05, 0) is 36.8 Å². The highest BCUT2D eigenvalue weighted by Crippen LogP contribution is 2.37. The molecule has 0 unspecified atom stereocenters. The van der Waals surface area contributed by atoms with E-state index < -0.39 is 0 Å². The van der Waals surface area contributed by atoms with Gasteiger partial charge in [0.15, 0.2) is 0 Å². The summed E-state index contributed by atoms with van der Waals surface area (Å²) in [6.45, 7) is 7.17. The summed E-state index contributed by atoms with van der Waals surface area (Å²) < 4.78 is 0. The number of nitrogens with one attached hydrogen (secondary N) is 4. The molecule has 7 nitrogen and oxygen atoms in total. The normalized spacial score (nSPS) is 13.9. The first-order valence-electron chi connectivity index (χ1n) is 11.1. The maximum absolute atomic E-state index is 13.2. The Morgan fingerprint density at radius 2 is 1.91 bits per heavy atom. The summed E-state index contributed by atoms with van der Waals surface area (Å²) in [7, 11) is 0. The number of nitrogens with two attached hydrogens (primary N) is 1. The Morgan fingerprint density at radius 1 is 1.12 bits per heavy atom. The Labute approximate surface area is 193 Å². The first kappa shape index (κ1) is 22.4. The number of rotatable bonds is 7. The summed E-state index contributed by atoms with van der Waals surface area (Å²) in [5.41, 5.74) is 12.3. The second-order valence-electron chi connectivity index (χ2n) is 8.46. The van der Waals surface area contributed by atoms with Crippen LogP contribution in [0.25, 0.3) is 22.8 Å². The van der Waals surface area contributed by atoms with Crippen molar-refractivity contribution in [1.82, 2.24) is 15.6 Å². The zero-order valence-electron chi connectivity index (χ0n) is 19.1. The van der Waals surface area contributed by atoms with Crippen molar-refractivity contribution in [1.29, 1.82) is 0 Å². The molecule has 3 aromatic rings. The predicted molar refractivity (Wildman–Crippen MR) is 134 cm³/mol. The second kappa shape index (κ2) is 9.34. The molecule has 0 aliphatic carbocycles. The molecule has 0 radical (unpaired) electrons. The number of fused-ring (bicyclic) bond motifs is 1. The molecule has 33 heavy (non-hydrogen) atoms. The lowest BCUT2D eigenvalue weighted by atomic mass is 9.97. The smallest absolute Gasteiger partial charge is 0.256 e. The third-order valence-corrected chi connectivity index (χ3v) is 5.58. The molecule has 0 saturated carbocycles. The van der Waals surface area contributed by atoms with E-state index in [0.717, 1.165) is 28.1 Å². The quantitative estimate of drug-likeness (QED) is 0.217. The summed E-state index contributed by atoms with van der Waals surface area (Å²) in [6, 6.07) is 15.3. The van der Waals surface area contributed by atoms with Crippen LogP contribution in [0.5, 0.6) is 0 Å². The number of carbonyl (C=O) groups is 2. The van der Waals surface area contributed by atoms with Gasteiger partial charge in [-0.1, -0.05) is 44.2 Å². The van der Waals surface area contributed by atoms with Gasteiger partial charge in [-0.3, -0.25) is 9.59 Å². The molecule has 2 heterocycles. The number of para-hydroxylation sites is 1. The lowest BCUT2D eigenvalue weighted by molar-refractivity contribution is -0.110. The molecule has 1 aliphatic rings. The third kappa shape index (κ3) is 4.68. The molecule has 0 saturated heterocycles. The van der Waals surface area contributed by atoms with Gasteiger partial charge < -0.3 is 26.7 Å². The van der Waals surface area contributed by atoms with E-state index in [-0.39, 0.29) is 11.8 Å². The van der Waals surface area contributed by atoms with Crippen LogP contribution in [0, 0.1) is 6.92 Å². The fourth-order valence-corrected chi connectivity index (χ4v) is 4.09. The number of carbonyl (C=O) groups excluding carboxylic acids is 2. The minimum Gasteiger partial charge on any atom is -0.399 e. The Balaban J connectivity index is 1.78. The second-order valence-corrected chi connectivity index (χ2v) is 8.46. The van der Waals surface area contributed by atoms with Crippen molar-refractivity contribution < 1.29 is 9.59 Å². The maximum atomic E-state index is 13.2. The van der Waals surface area contributed by atoms with E-state index in [0.29, 0.717) is 41.6 Å². The molecule has 2 amide bonds. The molecule has 1 aliphatic heterocycles. The van der Waals surface area contributed by atoms with Crippen LogP contribution in [0.2, 0.25) is 0 Å². The number of aromatic amines is 1. The van der Waals surface area contributed by atoms with Gasteiger partial charge >= 0.3 is 0 Å². The van der Waals surface area contributed by atoms with Gasteiger partial charge in [-0.2, -0.15) is 0 Å². The van der Waals surface area contributed by atoms with Gasteiger partial charge in [-0.15, -0.1) is 0 Å². The van der Waals surface area contributed by atoms with Gasteiger partial charge in [0.25, 0.3) is 11.8 Å². The van der Waals surface area contributed by atoms with Crippen molar-refractivity contribution in [3.8, 4) is 11.1 Å². The summed E-state index contributed by atoms with van der Waals surface area (Å²) in [4.78, 5) is 29.2. The first-order valence-corrected chi connectivity index (χ1v) is 11.1. The summed E-state index contributed by atoms with van der Waals surface area (Å²) in [5, 5.41) is 9.19. The standard InChI is InChI=1S/C26H29N5O2/c1-15(2)28-11-12-29-26(33)23-16(3)30-22(24(23)17-7-6-8-18(27)13-17)14-20-19-9-4-5-10-21(19)31-25(20)32/h4-10,13-15,28,30H,11-12,27H2,1-3H3,(H,29,33)(H,31,32)/b20-14-. The van der Waals surface area contributed by atoms with E-state index >= 15 is 0 Å². The van der Waals surface area contributed by atoms with Crippen LogP contribution in [0.3, 0.4) is 0 Å². The number of hydrogen-bond donors (Lipinski definition) is 5. The molecule has 7 heteroatoms. The fraction of sp³-hybridized carbons (Fsp3) is 0.231. The number of hydrogen-bond acceptors (Lipinski definition) is 4. The zero-order valence-corrected chi connectivity index (χ0v) is 19.1. The minimum atomic E-state index is -0.173. The number of amides is 2. The van der Waals surface area contributed by atoms with E-state index in [1.807, 2.05) is 55.5 Å². The van der Waals surface area contributed by atoms with Crippen molar-refractivity contribution in [2.24, 2.45) is 0 Å². The topological polar surface area (TPSA) is 112 Å². The van der Waals surface area contributed by atoms with Crippen molar-refractivity contribution in [3.63, 3.8) is 0 Å². The molecular formula is C26H29N5O2. The average Bonchev–Trinajstić information content (AvgIpc) is 3.27. The fourth-order valence-electron chi connectivity index (χ4n) is 4.09. The molecule has 0 bridgehead atoms. The van der Waals surface area contributed by atoms with Crippen LogP contribution in [0.1, 0.15) is 41.2 Å². The zero-order chi connectivity index (χ0) is 23.5. The number of aryl methyl sites for hydroxylation is 1. The van der Waals surface area contributed by atoms with Gasteiger partial charge in [0.1, 0.15) is 0 Å². The van der Waals surface area contributed by atoms with Crippen LogP contribution < -0.4 is 21.7 Å². The molecule has 0 spiro atoms. The predicted octanol–water partition coefficient (Wildman–Crippen LogP) is 3.79. The molecular weight excluding hydrogens is 414 g/mol. The maximum Gasteiger partial charge on any atom is 0.256 e. The Hall–Kier alpha value is -3.84. The van der Waals surface area contributed by atoms with Gasteiger partial charge in [0.2, 0.25) is 0 Å². The average molecular weight is 444 g/mol. The number of benzene rings is 2. The number of nitrogen functional groups attached to an aromatic ring is 1. The third-order valence-electron chi connectivity index (χ3n) is 5.58. The summed E-state index contributed by atoms with van der Waals surface area (Å²) >= 11 is 0. The van der Waals surface area contributed by atoms with E-state index in [9.17, 15) is 9.59 Å². The van der Waals surface area contributed by atoms with Gasteiger partial charge in [-0.25, -0.2) is 0 Å². The van der Waals surface area contributed by atoms with Crippen molar-refractivity contribution >= 4 is 34.8 Å². The molecule has 0 atom stereocenters. The molecule has 4 rings (SSSR count). The Bertz CT molecular complexity index is 1240. The molecule has 2 aromatic carbocycles. The van der Waals surface area contributed by atoms with Crippen LogP contribution in [-0.4, -0.2) is 35.9 Å². The lowest BCUT2D eigenvalue weighted by Crippen LogP contribution is -2.34. The minimum absolute atomic E-state index is 0.173. The number of H-pyrrole nitrogens is 1. The molecule has 170 valence electrons. The highest BCUT2D eigenvalue weighted by atomic mass is 16.2. The van der Waals surface area contributed by atoms with E-state index in [1.54, 1.807) is 6.07 Å². The van der Waals surface area contributed by atoms with E-state index in [2.05, 4.69) is 34.8 Å².